The van der Waals surface area contributed by atoms with E-state index in [1.807, 2.05) is 69.3 Å². The minimum Gasteiger partial charge on any atom is -0.493 e. The van der Waals surface area contributed by atoms with Crippen LogP contribution in [0.1, 0.15) is 27.8 Å². The molecule has 7 nitrogen and oxygen atoms in total. The summed E-state index contributed by atoms with van der Waals surface area (Å²) in [5.41, 5.74) is 7.97. The molecule has 0 N–H and O–H groups in total. The number of hydrogen-bond donors (Lipinski definition) is 0. The van der Waals surface area contributed by atoms with E-state index in [0.717, 1.165) is 44.8 Å². The minimum atomic E-state index is -0.251. The van der Waals surface area contributed by atoms with Crippen LogP contribution >= 0.6 is 0 Å². The minimum absolute atomic E-state index is 0.0805. The van der Waals surface area contributed by atoms with Gasteiger partial charge in [-0.15, -0.1) is 0 Å². The zero-order chi connectivity index (χ0) is 26.8. The van der Waals surface area contributed by atoms with Gasteiger partial charge in [-0.3, -0.25) is 9.13 Å². The first-order valence-corrected chi connectivity index (χ1v) is 12.6. The predicted octanol–water partition coefficient (Wildman–Crippen LogP) is 5.14. The van der Waals surface area contributed by atoms with Crippen LogP contribution < -0.4 is 20.7 Å². The molecule has 0 radical (unpaired) electrons. The molecule has 0 spiro atoms. The topological polar surface area (TPSA) is 81.5 Å². The second-order valence-electron chi connectivity index (χ2n) is 9.61. The van der Waals surface area contributed by atoms with E-state index in [1.54, 1.807) is 11.7 Å². The number of aryl methyl sites for hydroxylation is 4. The smallest absolute Gasteiger partial charge is 0.331 e. The second kappa shape index (κ2) is 10.4. The van der Waals surface area contributed by atoms with E-state index in [-0.39, 0.29) is 12.2 Å². The van der Waals surface area contributed by atoms with Gasteiger partial charge in [0.2, 0.25) is 0 Å². The third kappa shape index (κ3) is 4.73. The number of rotatable bonds is 6. The van der Waals surface area contributed by atoms with Crippen LogP contribution in [0.2, 0.25) is 0 Å². The van der Waals surface area contributed by atoms with Crippen molar-refractivity contribution in [1.29, 1.82) is 5.26 Å². The van der Waals surface area contributed by atoms with Crippen LogP contribution in [0.4, 0.5) is 5.69 Å². The lowest BCUT2D eigenvalue weighted by Crippen LogP contribution is -2.42. The zero-order valence-electron chi connectivity index (χ0n) is 22.1. The first-order chi connectivity index (χ1) is 18.4. The number of ether oxygens (including phenoxy) is 2. The normalized spacial score (nSPS) is 12.4. The predicted molar refractivity (Wildman–Crippen MR) is 147 cm³/mol. The van der Waals surface area contributed by atoms with E-state index < -0.39 is 0 Å². The highest BCUT2D eigenvalue weighted by Crippen LogP contribution is 2.38. The molecule has 38 heavy (non-hydrogen) atoms. The summed E-state index contributed by atoms with van der Waals surface area (Å²) in [6.07, 6.45) is 0.663. The van der Waals surface area contributed by atoms with Crippen molar-refractivity contribution in [2.75, 3.05) is 7.11 Å². The van der Waals surface area contributed by atoms with Gasteiger partial charge in [0.1, 0.15) is 18.6 Å². The largest absolute Gasteiger partial charge is 0.493 e. The SMILES string of the molecule is COc1cc2c(cc1OCc1ccccc1)-c1c/c(=N\c3c(C)cc(C)cc3C)n(CC#N)c(=O)n1CC2. The summed E-state index contributed by atoms with van der Waals surface area (Å²) in [6.45, 7) is 6.89. The van der Waals surface area contributed by atoms with Crippen LogP contribution in [0.5, 0.6) is 11.5 Å². The highest BCUT2D eigenvalue weighted by Gasteiger charge is 2.22. The van der Waals surface area contributed by atoms with Crippen molar-refractivity contribution in [3.63, 3.8) is 0 Å². The molecule has 0 fully saturated rings. The Bertz CT molecular complexity index is 1670. The zero-order valence-corrected chi connectivity index (χ0v) is 22.1. The Balaban J connectivity index is 1.68. The number of aromatic nitrogens is 2. The third-order valence-electron chi connectivity index (χ3n) is 6.89. The maximum atomic E-state index is 13.6. The molecule has 1 aliphatic rings. The van der Waals surface area contributed by atoms with Gasteiger partial charge in [0.05, 0.1) is 24.6 Å². The molecule has 192 valence electrons. The molecule has 3 aromatic carbocycles. The number of hydrogen-bond acceptors (Lipinski definition) is 5. The summed E-state index contributed by atoms with van der Waals surface area (Å²) < 4.78 is 15.0. The summed E-state index contributed by atoms with van der Waals surface area (Å²) in [6, 6.07) is 22.1. The Kier molecular flexibility index (Phi) is 6.89. The van der Waals surface area contributed by atoms with Crippen molar-refractivity contribution in [1.82, 2.24) is 9.13 Å². The average molecular weight is 507 g/mol. The lowest BCUT2D eigenvalue weighted by molar-refractivity contribution is 0.284. The number of nitriles is 1. The fourth-order valence-corrected chi connectivity index (χ4v) is 5.13. The molecule has 0 atom stereocenters. The van der Waals surface area contributed by atoms with E-state index in [4.69, 9.17) is 14.5 Å². The van der Waals surface area contributed by atoms with Crippen LogP contribution in [0.15, 0.2) is 70.5 Å². The van der Waals surface area contributed by atoms with Crippen molar-refractivity contribution in [2.24, 2.45) is 4.99 Å². The summed E-state index contributed by atoms with van der Waals surface area (Å²) in [5.74, 6) is 1.26. The molecule has 0 unspecified atom stereocenters. The van der Waals surface area contributed by atoms with E-state index in [2.05, 4.69) is 18.2 Å². The van der Waals surface area contributed by atoms with Gasteiger partial charge in [-0.2, -0.15) is 5.26 Å². The number of methoxy groups -OCH3 is 1. The second-order valence-corrected chi connectivity index (χ2v) is 9.61. The van der Waals surface area contributed by atoms with Crippen molar-refractivity contribution >= 4 is 5.69 Å². The van der Waals surface area contributed by atoms with Gasteiger partial charge in [0.15, 0.2) is 11.5 Å². The van der Waals surface area contributed by atoms with Crippen LogP contribution in [0.3, 0.4) is 0 Å². The highest BCUT2D eigenvalue weighted by atomic mass is 16.5. The maximum absolute atomic E-state index is 13.6. The molecule has 0 bridgehead atoms. The number of nitrogens with zero attached hydrogens (tertiary/aromatic N) is 4. The van der Waals surface area contributed by atoms with Gasteiger partial charge < -0.3 is 9.47 Å². The average Bonchev–Trinajstić information content (AvgIpc) is 2.91. The van der Waals surface area contributed by atoms with Gasteiger partial charge in [-0.1, -0.05) is 48.0 Å². The summed E-state index contributed by atoms with van der Waals surface area (Å²) in [7, 11) is 1.63. The lowest BCUT2D eigenvalue weighted by Gasteiger charge is -2.24. The van der Waals surface area contributed by atoms with Gasteiger partial charge >= 0.3 is 5.69 Å². The van der Waals surface area contributed by atoms with Crippen LogP contribution in [-0.2, 0) is 26.1 Å². The number of fused-ring (bicyclic) bond motifs is 3. The Labute approximate surface area is 221 Å². The molecule has 0 saturated heterocycles. The Morgan fingerprint density at radius 1 is 1.00 bits per heavy atom. The number of benzene rings is 3. The fourth-order valence-electron chi connectivity index (χ4n) is 5.13. The molecule has 4 aromatic rings. The highest BCUT2D eigenvalue weighted by molar-refractivity contribution is 5.70. The van der Waals surface area contributed by atoms with Gasteiger partial charge in [0, 0.05) is 18.2 Å². The van der Waals surface area contributed by atoms with Crippen LogP contribution in [-0.4, -0.2) is 16.2 Å². The molecule has 0 aliphatic carbocycles. The maximum Gasteiger partial charge on any atom is 0.331 e. The molecule has 0 amide bonds. The van der Waals surface area contributed by atoms with Gasteiger partial charge in [0.25, 0.3) is 0 Å². The fraction of sp³-hybridized carbons (Fsp3) is 0.258. The summed E-state index contributed by atoms with van der Waals surface area (Å²) in [5, 5.41) is 9.50. The monoisotopic (exact) mass is 506 g/mol. The van der Waals surface area contributed by atoms with Crippen LogP contribution in [0.25, 0.3) is 11.3 Å². The first kappa shape index (κ1) is 25.1. The molecule has 5 rings (SSSR count). The van der Waals surface area contributed by atoms with Crippen molar-refractivity contribution in [3.8, 4) is 28.8 Å². The molecular weight excluding hydrogens is 476 g/mol. The molecule has 1 aliphatic heterocycles. The molecule has 1 aromatic heterocycles. The molecule has 7 heteroatoms. The molecule has 0 saturated carbocycles. The van der Waals surface area contributed by atoms with Crippen molar-refractivity contribution in [2.45, 2.75) is 46.9 Å². The van der Waals surface area contributed by atoms with Crippen LogP contribution in [0, 0.1) is 32.1 Å². The molecule has 2 heterocycles. The quantitative estimate of drug-likeness (QED) is 0.363. The van der Waals surface area contributed by atoms with Gasteiger partial charge in [-0.25, -0.2) is 9.79 Å². The van der Waals surface area contributed by atoms with E-state index in [1.165, 1.54) is 4.57 Å². The lowest BCUT2D eigenvalue weighted by atomic mass is 9.97. The van der Waals surface area contributed by atoms with E-state index >= 15 is 0 Å². The molecular formula is C31H30N4O3. The Hall–Kier alpha value is -4.57. The third-order valence-corrected chi connectivity index (χ3v) is 6.89. The standard InChI is InChI=1S/C31H30N4O3/c1-20-14-21(2)30(22(3)15-20)33-29-18-26-25-17-28(38-19-23-8-6-5-7-9-23)27(37-4)16-24(25)10-12-34(26)31(36)35(29)13-11-32/h5-9,14-18H,10,12-13,19H2,1-4H3/b33-29+. The van der Waals surface area contributed by atoms with Crippen molar-refractivity contribution in [3.05, 3.63) is 104 Å². The summed E-state index contributed by atoms with van der Waals surface area (Å²) >= 11 is 0. The van der Waals surface area contributed by atoms with E-state index in [9.17, 15) is 10.1 Å². The Morgan fingerprint density at radius 3 is 2.42 bits per heavy atom. The van der Waals surface area contributed by atoms with Crippen molar-refractivity contribution < 1.29 is 9.47 Å². The van der Waals surface area contributed by atoms with E-state index in [0.29, 0.717) is 36.6 Å². The first-order valence-electron chi connectivity index (χ1n) is 12.6. The van der Waals surface area contributed by atoms with Gasteiger partial charge in [-0.05, 0) is 61.6 Å². The Morgan fingerprint density at radius 2 is 1.74 bits per heavy atom. The summed E-state index contributed by atoms with van der Waals surface area (Å²) in [4.78, 5) is 18.5.